The lowest BCUT2D eigenvalue weighted by Crippen LogP contribution is -2.28. The quantitative estimate of drug-likeness (QED) is 0.629. The molecule has 0 aromatic carbocycles. The van der Waals surface area contributed by atoms with E-state index in [9.17, 15) is 0 Å². The molecular weight excluding hydrogens is 290 g/mol. The van der Waals surface area contributed by atoms with Gasteiger partial charge in [-0.2, -0.15) is 0 Å². The van der Waals surface area contributed by atoms with Gasteiger partial charge >= 0.3 is 0 Å². The van der Waals surface area contributed by atoms with Crippen molar-refractivity contribution in [3.63, 3.8) is 0 Å². The zero-order chi connectivity index (χ0) is 14.6. The van der Waals surface area contributed by atoms with Crippen LogP contribution in [-0.2, 0) is 5.54 Å². The monoisotopic (exact) mass is 309 g/mol. The second-order valence-corrected chi connectivity index (χ2v) is 6.41. The number of anilines is 2. The standard InChI is InChI=1S/C13H19N5S2/c1-5-14-9-8-10(17-12(16-9)19-4)18-13(2,3)11-15-6-7-20-11/h6-8H,5H2,1-4H3,(H2,14,16,17,18). The maximum atomic E-state index is 4.51. The maximum absolute atomic E-state index is 4.51. The minimum Gasteiger partial charge on any atom is -0.370 e. The highest BCUT2D eigenvalue weighted by Crippen LogP contribution is 2.27. The van der Waals surface area contributed by atoms with E-state index in [1.165, 1.54) is 11.8 Å². The summed E-state index contributed by atoms with van der Waals surface area (Å²) < 4.78 is 0. The van der Waals surface area contributed by atoms with E-state index in [2.05, 4.69) is 39.4 Å². The van der Waals surface area contributed by atoms with Crippen LogP contribution in [0.25, 0.3) is 0 Å². The Labute approximate surface area is 127 Å². The molecule has 0 amide bonds. The summed E-state index contributed by atoms with van der Waals surface area (Å²) in [6.07, 6.45) is 3.79. The van der Waals surface area contributed by atoms with Crippen molar-refractivity contribution in [1.29, 1.82) is 0 Å². The number of hydrogen-bond acceptors (Lipinski definition) is 7. The van der Waals surface area contributed by atoms with Gasteiger partial charge in [0.25, 0.3) is 0 Å². The summed E-state index contributed by atoms with van der Waals surface area (Å²) in [6.45, 7) is 7.08. The van der Waals surface area contributed by atoms with Gasteiger partial charge in [0.2, 0.25) is 0 Å². The van der Waals surface area contributed by atoms with Crippen LogP contribution in [0.3, 0.4) is 0 Å². The van der Waals surface area contributed by atoms with Gasteiger partial charge in [0.05, 0.1) is 5.54 Å². The molecule has 2 rings (SSSR count). The van der Waals surface area contributed by atoms with E-state index >= 15 is 0 Å². The minimum atomic E-state index is -0.262. The van der Waals surface area contributed by atoms with E-state index in [-0.39, 0.29) is 5.54 Å². The van der Waals surface area contributed by atoms with Gasteiger partial charge in [0, 0.05) is 24.2 Å². The first-order valence-corrected chi connectivity index (χ1v) is 8.50. The molecule has 0 aliphatic carbocycles. The van der Waals surface area contributed by atoms with Gasteiger partial charge in [-0.3, -0.25) is 0 Å². The molecule has 0 atom stereocenters. The zero-order valence-electron chi connectivity index (χ0n) is 12.1. The van der Waals surface area contributed by atoms with Crippen molar-refractivity contribution in [3.8, 4) is 0 Å². The Kier molecular flexibility index (Phi) is 4.82. The molecule has 0 saturated heterocycles. The number of nitrogens with one attached hydrogen (secondary N) is 2. The first kappa shape index (κ1) is 15.1. The fraction of sp³-hybridized carbons (Fsp3) is 0.462. The SMILES string of the molecule is CCNc1cc(NC(C)(C)c2nccs2)nc(SC)n1. The van der Waals surface area contributed by atoms with E-state index in [0.717, 1.165) is 28.3 Å². The Hall–Kier alpha value is -1.34. The molecule has 0 fully saturated rings. The van der Waals surface area contributed by atoms with E-state index in [1.54, 1.807) is 11.3 Å². The van der Waals surface area contributed by atoms with Gasteiger partial charge in [-0.25, -0.2) is 15.0 Å². The second-order valence-electron chi connectivity index (χ2n) is 4.74. The third-order valence-corrected chi connectivity index (χ3v) is 4.30. The predicted octanol–water partition coefficient (Wildman–Crippen LogP) is 3.43. The number of aromatic nitrogens is 3. The summed E-state index contributed by atoms with van der Waals surface area (Å²) in [5.74, 6) is 1.64. The van der Waals surface area contributed by atoms with Crippen LogP contribution >= 0.6 is 23.1 Å². The van der Waals surface area contributed by atoms with Crippen LogP contribution in [0, 0.1) is 0 Å². The van der Waals surface area contributed by atoms with Crippen molar-refractivity contribution in [2.45, 2.75) is 31.5 Å². The molecule has 0 radical (unpaired) electrons. The number of thioether (sulfide) groups is 1. The smallest absolute Gasteiger partial charge is 0.191 e. The molecule has 5 nitrogen and oxygen atoms in total. The third kappa shape index (κ3) is 3.61. The lowest BCUT2D eigenvalue weighted by Gasteiger charge is -2.24. The molecule has 7 heteroatoms. The highest BCUT2D eigenvalue weighted by atomic mass is 32.2. The highest BCUT2D eigenvalue weighted by molar-refractivity contribution is 7.98. The number of nitrogens with zero attached hydrogens (tertiary/aromatic N) is 3. The number of thiazole rings is 1. The van der Waals surface area contributed by atoms with Gasteiger partial charge in [0.1, 0.15) is 16.6 Å². The molecule has 2 aromatic heterocycles. The summed E-state index contributed by atoms with van der Waals surface area (Å²) in [6, 6.07) is 1.93. The zero-order valence-corrected chi connectivity index (χ0v) is 13.7. The Balaban J connectivity index is 2.26. The highest BCUT2D eigenvalue weighted by Gasteiger charge is 2.24. The van der Waals surface area contributed by atoms with Crippen molar-refractivity contribution < 1.29 is 0 Å². The molecule has 0 spiro atoms. The molecular formula is C13H19N5S2. The lowest BCUT2D eigenvalue weighted by molar-refractivity contribution is 0.599. The fourth-order valence-corrected chi connectivity index (χ4v) is 2.86. The Morgan fingerprint density at radius 1 is 1.30 bits per heavy atom. The van der Waals surface area contributed by atoms with Crippen molar-refractivity contribution in [2.75, 3.05) is 23.4 Å². The molecule has 2 aromatic rings. The van der Waals surface area contributed by atoms with Gasteiger partial charge in [-0.1, -0.05) is 11.8 Å². The van der Waals surface area contributed by atoms with Crippen LogP contribution < -0.4 is 10.6 Å². The van der Waals surface area contributed by atoms with Crippen LogP contribution in [0.15, 0.2) is 22.8 Å². The van der Waals surface area contributed by atoms with Gasteiger partial charge in [-0.05, 0) is 27.0 Å². The van der Waals surface area contributed by atoms with Crippen molar-refractivity contribution in [2.24, 2.45) is 0 Å². The van der Waals surface area contributed by atoms with Crippen LogP contribution in [0.5, 0.6) is 0 Å². The molecule has 108 valence electrons. The van der Waals surface area contributed by atoms with Crippen LogP contribution in [0.2, 0.25) is 0 Å². The number of rotatable bonds is 6. The molecule has 0 saturated carbocycles. The van der Waals surface area contributed by atoms with E-state index < -0.39 is 0 Å². The summed E-state index contributed by atoms with van der Waals surface area (Å²) in [4.78, 5) is 13.3. The van der Waals surface area contributed by atoms with E-state index in [4.69, 9.17) is 0 Å². The van der Waals surface area contributed by atoms with E-state index in [0.29, 0.717) is 0 Å². The van der Waals surface area contributed by atoms with Crippen LogP contribution in [-0.4, -0.2) is 27.8 Å². The molecule has 2 N–H and O–H groups in total. The summed E-state index contributed by atoms with van der Waals surface area (Å²) in [5.41, 5.74) is -0.262. The summed E-state index contributed by atoms with van der Waals surface area (Å²) >= 11 is 3.17. The molecule has 0 unspecified atom stereocenters. The topological polar surface area (TPSA) is 62.7 Å². The average molecular weight is 309 g/mol. The van der Waals surface area contributed by atoms with Gasteiger partial charge in [-0.15, -0.1) is 11.3 Å². The summed E-state index contributed by atoms with van der Waals surface area (Å²) in [5, 5.41) is 10.4. The summed E-state index contributed by atoms with van der Waals surface area (Å²) in [7, 11) is 0. The van der Waals surface area contributed by atoms with E-state index in [1.807, 2.05) is 30.8 Å². The Morgan fingerprint density at radius 2 is 2.05 bits per heavy atom. The molecule has 20 heavy (non-hydrogen) atoms. The van der Waals surface area contributed by atoms with Gasteiger partial charge in [0.15, 0.2) is 5.16 Å². The minimum absolute atomic E-state index is 0.262. The lowest BCUT2D eigenvalue weighted by atomic mass is 10.1. The molecule has 0 bridgehead atoms. The Morgan fingerprint density at radius 3 is 2.65 bits per heavy atom. The molecule has 2 heterocycles. The van der Waals surface area contributed by atoms with Gasteiger partial charge < -0.3 is 10.6 Å². The van der Waals surface area contributed by atoms with Crippen molar-refractivity contribution in [3.05, 3.63) is 22.7 Å². The largest absolute Gasteiger partial charge is 0.370 e. The van der Waals surface area contributed by atoms with Crippen LogP contribution in [0.1, 0.15) is 25.8 Å². The Bertz CT molecular complexity index is 554. The maximum Gasteiger partial charge on any atom is 0.191 e. The first-order valence-electron chi connectivity index (χ1n) is 6.40. The van der Waals surface area contributed by atoms with Crippen molar-refractivity contribution in [1.82, 2.24) is 15.0 Å². The van der Waals surface area contributed by atoms with Crippen molar-refractivity contribution >= 4 is 34.7 Å². The third-order valence-electron chi connectivity index (χ3n) is 2.65. The number of hydrogen-bond donors (Lipinski definition) is 2. The molecule has 0 aliphatic heterocycles. The molecule has 0 aliphatic rings. The predicted molar refractivity (Wildman–Crippen MR) is 86.7 cm³/mol. The second kappa shape index (κ2) is 6.41. The average Bonchev–Trinajstić information content (AvgIpc) is 2.93. The van der Waals surface area contributed by atoms with Crippen LogP contribution in [0.4, 0.5) is 11.6 Å². The normalized spacial score (nSPS) is 11.4. The fourth-order valence-electron chi connectivity index (χ4n) is 1.76. The first-order chi connectivity index (χ1) is 9.55.